The van der Waals surface area contributed by atoms with Crippen molar-refractivity contribution < 1.29 is 59.4 Å². The molecule has 0 aromatic carbocycles. The van der Waals surface area contributed by atoms with E-state index in [1.807, 2.05) is 0 Å². The number of aromatic nitrogens is 3. The topological polar surface area (TPSA) is 185 Å². The summed E-state index contributed by atoms with van der Waals surface area (Å²) in [5.41, 5.74) is 0.513. The number of thioether (sulfide) groups is 2. The zero-order valence-corrected chi connectivity index (χ0v) is 22.3. The third-order valence-corrected chi connectivity index (χ3v) is 8.88. The maximum Gasteiger partial charge on any atom is 1.00 e. The summed E-state index contributed by atoms with van der Waals surface area (Å²) in [6, 6.07) is -0.896. The first kappa shape index (κ1) is 26.2. The van der Waals surface area contributed by atoms with Gasteiger partial charge in [-0.05, 0) is 5.57 Å². The van der Waals surface area contributed by atoms with E-state index >= 15 is 0 Å². The van der Waals surface area contributed by atoms with Crippen molar-refractivity contribution in [2.45, 2.75) is 28.8 Å². The molecule has 2 atom stereocenters. The average Bonchev–Trinajstić information content (AvgIpc) is 3.36. The number of aliphatic hydroxyl groups is 1. The first-order valence-corrected chi connectivity index (χ1v) is 12.7. The van der Waals surface area contributed by atoms with Crippen molar-refractivity contribution in [1.29, 1.82) is 5.41 Å². The van der Waals surface area contributed by atoms with Crippen molar-refractivity contribution in [3.05, 3.63) is 32.2 Å². The molecule has 17 heteroatoms. The Bertz CT molecular complexity index is 1180. The Kier molecular flexibility index (Phi) is 8.66. The third-order valence-electron chi connectivity index (χ3n) is 4.62. The molecule has 0 aliphatic carbocycles. The SMILES string of the molecule is N=c1scc(CC(=O)NC2C(=O)N3C(C(=O)[O-])=C(CSc4nnc(CO)s4)CS[C@H]23)n1O.[Na+]. The van der Waals surface area contributed by atoms with Crippen molar-refractivity contribution in [1.82, 2.24) is 25.1 Å². The van der Waals surface area contributed by atoms with E-state index < -0.39 is 29.2 Å². The third kappa shape index (κ3) is 5.32. The Morgan fingerprint density at radius 1 is 1.39 bits per heavy atom. The monoisotopic (exact) mass is 538 g/mol. The quantitative estimate of drug-likeness (QED) is 0.110. The van der Waals surface area contributed by atoms with Crippen LogP contribution in [0.5, 0.6) is 0 Å². The molecule has 2 aliphatic rings. The molecule has 1 saturated heterocycles. The van der Waals surface area contributed by atoms with E-state index in [1.54, 1.807) is 0 Å². The van der Waals surface area contributed by atoms with Crippen LogP contribution in [0, 0.1) is 5.41 Å². The van der Waals surface area contributed by atoms with Crippen molar-refractivity contribution in [3.8, 4) is 0 Å². The Balaban J connectivity index is 0.00000306. The second-order valence-electron chi connectivity index (χ2n) is 6.62. The molecular weight excluding hydrogens is 523 g/mol. The van der Waals surface area contributed by atoms with Crippen LogP contribution in [0.4, 0.5) is 0 Å². The van der Waals surface area contributed by atoms with Gasteiger partial charge in [0.2, 0.25) is 10.7 Å². The van der Waals surface area contributed by atoms with Crippen LogP contribution in [-0.2, 0) is 27.4 Å². The number of nitrogens with one attached hydrogen (secondary N) is 2. The van der Waals surface area contributed by atoms with Crippen molar-refractivity contribution >= 4 is 64.0 Å². The summed E-state index contributed by atoms with van der Waals surface area (Å²) in [5.74, 6) is -1.97. The van der Waals surface area contributed by atoms with Crippen LogP contribution in [0.25, 0.3) is 0 Å². The van der Waals surface area contributed by atoms with Crippen molar-refractivity contribution in [3.63, 3.8) is 0 Å². The van der Waals surface area contributed by atoms with Gasteiger partial charge < -0.3 is 25.5 Å². The molecule has 33 heavy (non-hydrogen) atoms. The van der Waals surface area contributed by atoms with Crippen molar-refractivity contribution in [2.24, 2.45) is 0 Å². The van der Waals surface area contributed by atoms with Gasteiger partial charge in [-0.1, -0.05) is 23.1 Å². The number of fused-ring (bicyclic) bond motifs is 1. The number of hydrogen-bond acceptors (Lipinski definition) is 13. The van der Waals surface area contributed by atoms with Crippen LogP contribution < -0.4 is 44.8 Å². The van der Waals surface area contributed by atoms with Gasteiger partial charge in [-0.25, -0.2) is 0 Å². The van der Waals surface area contributed by atoms with E-state index in [4.69, 9.17) is 10.5 Å². The molecule has 170 valence electrons. The van der Waals surface area contributed by atoms with Gasteiger partial charge in [0.15, 0.2) is 4.34 Å². The molecule has 4 N–H and O–H groups in total. The Morgan fingerprint density at radius 3 is 2.76 bits per heavy atom. The van der Waals surface area contributed by atoms with Crippen LogP contribution in [0.3, 0.4) is 0 Å². The molecule has 1 fully saturated rings. The minimum Gasteiger partial charge on any atom is -0.543 e. The number of thiazole rings is 1. The molecule has 2 amide bonds. The number of carbonyl (C=O) groups excluding carboxylic acids is 3. The number of amides is 2. The van der Waals surface area contributed by atoms with Gasteiger partial charge in [0.05, 0.1) is 30.4 Å². The summed E-state index contributed by atoms with van der Waals surface area (Å²) >= 11 is 4.74. The summed E-state index contributed by atoms with van der Waals surface area (Å²) in [6.07, 6.45) is -0.226. The summed E-state index contributed by atoms with van der Waals surface area (Å²) in [6.45, 7) is -0.229. The van der Waals surface area contributed by atoms with Gasteiger partial charge in [0.1, 0.15) is 16.4 Å². The van der Waals surface area contributed by atoms with E-state index in [1.165, 1.54) is 40.2 Å². The standard InChI is InChI=1S/C16H16N6O6S4.Na/c17-15-22(28)7(5-30-15)1-8(24)18-10-12(25)21-11(14(26)27)6(3-29-13(10)21)4-31-16-20-19-9(2-23)32-16;/h5,10,13,17,23,28H,1-4H2,(H,18,24)(H,26,27);/q;+1/p-1/t10?,13-;/m1./s1. The van der Waals surface area contributed by atoms with E-state index in [2.05, 4.69) is 15.5 Å². The van der Waals surface area contributed by atoms with E-state index in [9.17, 15) is 24.7 Å². The van der Waals surface area contributed by atoms with E-state index in [0.29, 0.717) is 25.4 Å². The summed E-state index contributed by atoms with van der Waals surface area (Å²) in [4.78, 5) is 37.8. The molecule has 4 rings (SSSR count). The number of aliphatic carboxylic acids is 1. The Labute approximate surface area is 224 Å². The molecule has 0 bridgehead atoms. The largest absolute Gasteiger partial charge is 1.00 e. The number of aliphatic hydroxyl groups excluding tert-OH is 1. The van der Waals surface area contributed by atoms with Gasteiger partial charge in [-0.2, -0.15) is 4.73 Å². The summed E-state index contributed by atoms with van der Waals surface area (Å²) in [5, 5.41) is 49.6. The minimum absolute atomic E-state index is 0. The van der Waals surface area contributed by atoms with Gasteiger partial charge in [0.25, 0.3) is 5.91 Å². The van der Waals surface area contributed by atoms with Crippen molar-refractivity contribution in [2.75, 3.05) is 11.5 Å². The van der Waals surface area contributed by atoms with Crippen LogP contribution in [0.1, 0.15) is 10.7 Å². The molecule has 0 radical (unpaired) electrons. The number of carboxylic acid groups (broad SMARTS) is 1. The zero-order chi connectivity index (χ0) is 23.0. The molecule has 12 nitrogen and oxygen atoms in total. The normalized spacial score (nSPS) is 19.5. The smallest absolute Gasteiger partial charge is 0.543 e. The predicted molar refractivity (Wildman–Crippen MR) is 113 cm³/mol. The number of nitrogens with zero attached hydrogens (tertiary/aromatic N) is 4. The Hall–Kier alpha value is -1.40. The molecular formula is C16H15N6NaO6S4. The van der Waals surface area contributed by atoms with E-state index in [0.717, 1.165) is 16.2 Å². The summed E-state index contributed by atoms with van der Waals surface area (Å²) in [7, 11) is 0. The molecule has 2 aliphatic heterocycles. The average molecular weight is 539 g/mol. The predicted octanol–water partition coefficient (Wildman–Crippen LogP) is -4.65. The molecule has 1 unspecified atom stereocenters. The first-order chi connectivity index (χ1) is 15.3. The summed E-state index contributed by atoms with van der Waals surface area (Å²) < 4.78 is 1.16. The number of carbonyl (C=O) groups is 3. The number of hydrogen-bond donors (Lipinski definition) is 4. The van der Waals surface area contributed by atoms with Crippen LogP contribution >= 0.6 is 46.2 Å². The molecule has 2 aromatic rings. The second-order valence-corrected chi connectivity index (χ2v) is 10.9. The first-order valence-electron chi connectivity index (χ1n) is 8.96. The maximum atomic E-state index is 12.7. The fourth-order valence-electron chi connectivity index (χ4n) is 3.15. The second kappa shape index (κ2) is 10.9. The fraction of sp³-hybridized carbons (Fsp3) is 0.375. The number of rotatable bonds is 8. The molecule has 0 saturated carbocycles. The number of β-lactam (4-membered cyclic amide) rings is 1. The molecule has 2 aromatic heterocycles. The van der Waals surface area contributed by atoms with E-state index in [-0.39, 0.29) is 64.5 Å². The van der Waals surface area contributed by atoms with Crippen LogP contribution in [-0.4, -0.2) is 70.8 Å². The van der Waals surface area contributed by atoms with Gasteiger partial charge in [0, 0.05) is 16.9 Å². The fourth-order valence-corrected chi connectivity index (χ4v) is 7.04. The van der Waals surface area contributed by atoms with Crippen LogP contribution in [0.2, 0.25) is 0 Å². The van der Waals surface area contributed by atoms with Gasteiger partial charge >= 0.3 is 29.6 Å². The van der Waals surface area contributed by atoms with Gasteiger partial charge in [-0.3, -0.25) is 19.9 Å². The van der Waals surface area contributed by atoms with Gasteiger partial charge in [-0.15, -0.1) is 33.3 Å². The molecule has 4 heterocycles. The maximum absolute atomic E-state index is 12.7. The zero-order valence-electron chi connectivity index (χ0n) is 17.0. The number of carboxylic acids is 1. The molecule has 0 spiro atoms. The minimum atomic E-state index is -1.47. The van der Waals surface area contributed by atoms with Crippen LogP contribution in [0.15, 0.2) is 21.0 Å². The Morgan fingerprint density at radius 2 is 2.15 bits per heavy atom.